The van der Waals surface area contributed by atoms with E-state index in [2.05, 4.69) is 20.8 Å². The molecule has 0 heterocycles. The number of hydrogen-bond donors (Lipinski definition) is 0. The van der Waals surface area contributed by atoms with Crippen LogP contribution in [0.15, 0.2) is 0 Å². The Kier molecular flexibility index (Phi) is 1.52. The van der Waals surface area contributed by atoms with Crippen molar-refractivity contribution in [3.8, 4) is 0 Å². The van der Waals surface area contributed by atoms with Crippen LogP contribution in [0.1, 0.15) is 51.0 Å². The maximum absolute atomic E-state index is 6.97. The predicted octanol–water partition coefficient (Wildman–Crippen LogP) is 3.22. The van der Waals surface area contributed by atoms with Crippen LogP contribution in [0.5, 0.6) is 0 Å². The highest BCUT2D eigenvalue weighted by Crippen LogP contribution is 2.20. The maximum Gasteiger partial charge on any atom is 0.0230 e. The fourth-order valence-electron chi connectivity index (χ4n) is 0.619. The minimum absolute atomic E-state index is 0.269. The smallest absolute Gasteiger partial charge is 0.0230 e. The van der Waals surface area contributed by atoms with E-state index < -0.39 is 6.85 Å². The van der Waals surface area contributed by atoms with E-state index in [4.69, 9.17) is 4.11 Å². The van der Waals surface area contributed by atoms with Gasteiger partial charge in [-0.25, -0.2) is 0 Å². The maximum atomic E-state index is 6.97. The van der Waals surface area contributed by atoms with Gasteiger partial charge in [0.1, 0.15) is 0 Å². The molecule has 0 saturated carbocycles. The Morgan fingerprint density at radius 2 is 2.00 bits per heavy atom. The lowest BCUT2D eigenvalue weighted by Gasteiger charge is -2.16. The van der Waals surface area contributed by atoms with Crippen molar-refractivity contribution >= 4 is 0 Å². The lowest BCUT2D eigenvalue weighted by atomic mass is 9.90. The lowest BCUT2D eigenvalue weighted by molar-refractivity contribution is 0.363. The molecule has 0 N–H and O–H groups in total. The fourth-order valence-corrected chi connectivity index (χ4v) is 0.619. The number of rotatable bonds is 2. The zero-order valence-electron chi connectivity index (χ0n) is 9.12. The molecule has 0 aromatic carbocycles. The minimum Gasteiger partial charge on any atom is -0.0654 e. The topological polar surface area (TPSA) is 0 Å². The summed E-state index contributed by atoms with van der Waals surface area (Å²) in [6, 6.07) is 0. The van der Waals surface area contributed by atoms with Crippen molar-refractivity contribution in [2.75, 3.05) is 0 Å². The van der Waals surface area contributed by atoms with Gasteiger partial charge >= 0.3 is 0 Å². The van der Waals surface area contributed by atoms with Gasteiger partial charge in [0.2, 0.25) is 0 Å². The van der Waals surface area contributed by atoms with E-state index in [0.717, 1.165) is 12.8 Å². The molecule has 0 aromatic heterocycles. The molecule has 0 aromatic rings. The van der Waals surface area contributed by atoms with Crippen molar-refractivity contribution in [3.05, 3.63) is 0 Å². The van der Waals surface area contributed by atoms with E-state index in [1.165, 1.54) is 0 Å². The highest BCUT2D eigenvalue weighted by atomic mass is 14.1. The first kappa shape index (κ1) is 3.92. The quantitative estimate of drug-likeness (QED) is 0.521. The molecule has 8 heavy (non-hydrogen) atoms. The van der Waals surface area contributed by atoms with Crippen LogP contribution in [0.25, 0.3) is 0 Å². The molecule has 0 bridgehead atoms. The highest BCUT2D eigenvalue weighted by Gasteiger charge is 2.07. The van der Waals surface area contributed by atoms with Crippen LogP contribution in [0.3, 0.4) is 0 Å². The lowest BCUT2D eigenvalue weighted by Crippen LogP contribution is -2.03. The third kappa shape index (κ3) is 6.00. The average molecular weight is 117 g/mol. The monoisotopic (exact) mass is 117 g/mol. The van der Waals surface area contributed by atoms with Crippen molar-refractivity contribution in [1.82, 2.24) is 0 Å². The van der Waals surface area contributed by atoms with Crippen molar-refractivity contribution in [2.24, 2.45) is 5.41 Å². The first-order chi connectivity index (χ1) is 4.71. The van der Waals surface area contributed by atoms with Gasteiger partial charge in [-0.1, -0.05) is 40.5 Å². The van der Waals surface area contributed by atoms with Gasteiger partial charge in [-0.05, 0) is 11.8 Å². The SMILES string of the molecule is [2H]C([2H])([2H])CCCC(C)(C)C. The van der Waals surface area contributed by atoms with Gasteiger partial charge in [0.05, 0.1) is 0 Å². The zero-order chi connectivity index (χ0) is 9.12. The molecule has 0 rings (SSSR count). The van der Waals surface area contributed by atoms with Gasteiger partial charge in [-0.15, -0.1) is 0 Å². The first-order valence-electron chi connectivity index (χ1n) is 4.71. The van der Waals surface area contributed by atoms with Crippen LogP contribution in [0.2, 0.25) is 0 Å². The standard InChI is InChI=1S/C8H18/c1-5-6-7-8(2,3)4/h5-7H2,1-4H3/i1D3. The molecular weight excluding hydrogens is 96.1 g/mol. The van der Waals surface area contributed by atoms with Crippen molar-refractivity contribution in [1.29, 1.82) is 0 Å². The van der Waals surface area contributed by atoms with Crippen molar-refractivity contribution in [3.63, 3.8) is 0 Å². The normalized spacial score (nSPS) is 19.1. The molecule has 0 aliphatic rings. The van der Waals surface area contributed by atoms with E-state index >= 15 is 0 Å². The van der Waals surface area contributed by atoms with Gasteiger partial charge in [-0.3, -0.25) is 0 Å². The van der Waals surface area contributed by atoms with Gasteiger partial charge < -0.3 is 0 Å². The van der Waals surface area contributed by atoms with E-state index in [1.54, 1.807) is 0 Å². The molecule has 0 heteroatoms. The van der Waals surface area contributed by atoms with Crippen LogP contribution in [0.4, 0.5) is 0 Å². The second-order valence-electron chi connectivity index (χ2n) is 3.41. The summed E-state index contributed by atoms with van der Waals surface area (Å²) in [5.41, 5.74) is 0.269. The Bertz CT molecular complexity index is 93.5. The molecule has 0 aliphatic carbocycles. The Morgan fingerprint density at radius 3 is 2.38 bits per heavy atom. The average Bonchev–Trinajstić information content (AvgIpc) is 1.55. The van der Waals surface area contributed by atoms with Crippen LogP contribution in [-0.4, -0.2) is 0 Å². The van der Waals surface area contributed by atoms with Crippen LogP contribution in [0, 0.1) is 5.41 Å². The summed E-state index contributed by atoms with van der Waals surface area (Å²) in [5, 5.41) is 0. The summed E-state index contributed by atoms with van der Waals surface area (Å²) in [6.45, 7) is 4.66. The molecule has 0 nitrogen and oxygen atoms in total. The highest BCUT2D eigenvalue weighted by molar-refractivity contribution is 4.59. The molecule has 0 spiro atoms. The largest absolute Gasteiger partial charge is 0.0654 e. The van der Waals surface area contributed by atoms with Gasteiger partial charge in [0, 0.05) is 4.11 Å². The molecule has 50 valence electrons. The fraction of sp³-hybridized carbons (Fsp3) is 1.00. The Balaban J connectivity index is 3.44. The summed E-state index contributed by atoms with van der Waals surface area (Å²) in [5.74, 6) is 0. The van der Waals surface area contributed by atoms with E-state index in [-0.39, 0.29) is 5.41 Å². The van der Waals surface area contributed by atoms with Crippen LogP contribution >= 0.6 is 0 Å². The molecule has 0 saturated heterocycles. The second-order valence-corrected chi connectivity index (χ2v) is 3.41. The summed E-state index contributed by atoms with van der Waals surface area (Å²) in [6.07, 6.45) is 2.15. The number of hydrogen-bond acceptors (Lipinski definition) is 0. The van der Waals surface area contributed by atoms with Crippen molar-refractivity contribution < 1.29 is 4.11 Å². The second kappa shape index (κ2) is 3.11. The van der Waals surface area contributed by atoms with Crippen molar-refractivity contribution in [2.45, 2.75) is 46.9 Å². The molecule has 0 atom stereocenters. The molecular formula is C8H18. The van der Waals surface area contributed by atoms with Gasteiger partial charge in [-0.2, -0.15) is 0 Å². The summed E-state index contributed by atoms with van der Waals surface area (Å²) >= 11 is 0. The van der Waals surface area contributed by atoms with E-state index in [1.807, 2.05) is 0 Å². The van der Waals surface area contributed by atoms with Crippen LogP contribution in [-0.2, 0) is 0 Å². The molecule has 0 radical (unpaired) electrons. The van der Waals surface area contributed by atoms with Gasteiger partial charge in [0.25, 0.3) is 0 Å². The summed E-state index contributed by atoms with van der Waals surface area (Å²) in [7, 11) is 0. The van der Waals surface area contributed by atoms with E-state index in [9.17, 15) is 0 Å². The van der Waals surface area contributed by atoms with Gasteiger partial charge in [0.15, 0.2) is 0 Å². The Hall–Kier alpha value is 0. The Morgan fingerprint density at radius 1 is 1.38 bits per heavy atom. The first-order valence-corrected chi connectivity index (χ1v) is 3.21. The predicted molar refractivity (Wildman–Crippen MR) is 39.0 cm³/mol. The third-order valence-corrected chi connectivity index (χ3v) is 1.10. The molecule has 0 fully saturated rings. The summed E-state index contributed by atoms with van der Waals surface area (Å²) < 4.78 is 20.9. The molecule has 0 aliphatic heterocycles. The van der Waals surface area contributed by atoms with E-state index in [0.29, 0.717) is 6.42 Å². The minimum atomic E-state index is -1.73. The third-order valence-electron chi connectivity index (χ3n) is 1.10. The molecule has 0 unspecified atom stereocenters. The Labute approximate surface area is 57.5 Å². The molecule has 0 amide bonds. The van der Waals surface area contributed by atoms with Crippen LogP contribution < -0.4 is 0 Å². The summed E-state index contributed by atoms with van der Waals surface area (Å²) in [4.78, 5) is 0. The zero-order valence-corrected chi connectivity index (χ0v) is 6.12.